The van der Waals surface area contributed by atoms with Gasteiger partial charge in [-0.3, -0.25) is 9.52 Å². The van der Waals surface area contributed by atoms with Crippen molar-refractivity contribution in [2.75, 3.05) is 4.72 Å². The van der Waals surface area contributed by atoms with Crippen LogP contribution in [0.3, 0.4) is 0 Å². The first-order chi connectivity index (χ1) is 13.5. The van der Waals surface area contributed by atoms with Gasteiger partial charge in [-0.25, -0.2) is 8.42 Å². The molecule has 0 atom stereocenters. The van der Waals surface area contributed by atoms with Crippen LogP contribution in [0.2, 0.25) is 0 Å². The summed E-state index contributed by atoms with van der Waals surface area (Å²) in [5, 5.41) is 11.6. The van der Waals surface area contributed by atoms with Crippen molar-refractivity contribution in [2.45, 2.75) is 11.4 Å². The third-order valence-electron chi connectivity index (χ3n) is 3.99. The van der Waals surface area contributed by atoms with Gasteiger partial charge in [0.25, 0.3) is 15.9 Å². The second-order valence-electron chi connectivity index (χ2n) is 5.99. The Morgan fingerprint density at radius 2 is 1.54 bits per heavy atom. The van der Waals surface area contributed by atoms with Gasteiger partial charge < -0.3 is 5.32 Å². The number of carbonyl (C=O) groups is 1. The molecule has 0 fully saturated rings. The van der Waals surface area contributed by atoms with Gasteiger partial charge in [0.1, 0.15) is 0 Å². The number of nitrogens with one attached hydrogen (secondary N) is 2. The lowest BCUT2D eigenvalue weighted by Gasteiger charge is -2.09. The number of nitrogens with zero attached hydrogens (tertiary/aromatic N) is 1. The van der Waals surface area contributed by atoms with Gasteiger partial charge in [0.05, 0.1) is 16.5 Å². The molecule has 0 radical (unpaired) electrons. The summed E-state index contributed by atoms with van der Waals surface area (Å²) >= 11 is 0. The fourth-order valence-corrected chi connectivity index (χ4v) is 3.55. The number of sulfonamides is 1. The molecule has 0 spiro atoms. The number of rotatable bonds is 6. The number of nitriles is 1. The highest BCUT2D eigenvalue weighted by molar-refractivity contribution is 7.92. The molecule has 0 bridgehead atoms. The summed E-state index contributed by atoms with van der Waals surface area (Å²) in [5.74, 6) is -0.284. The van der Waals surface area contributed by atoms with E-state index in [2.05, 4.69) is 10.0 Å². The maximum atomic E-state index is 12.5. The predicted molar refractivity (Wildman–Crippen MR) is 106 cm³/mol. The lowest BCUT2D eigenvalue weighted by Crippen LogP contribution is -2.22. The van der Waals surface area contributed by atoms with Gasteiger partial charge in [0.15, 0.2) is 0 Å². The van der Waals surface area contributed by atoms with Crippen LogP contribution in [-0.4, -0.2) is 14.3 Å². The number of benzene rings is 3. The minimum atomic E-state index is -3.80. The Balaban J connectivity index is 1.66. The molecular formula is C21H17N3O3S. The van der Waals surface area contributed by atoms with Gasteiger partial charge in [-0.05, 0) is 54.1 Å². The maximum Gasteiger partial charge on any atom is 0.261 e. The monoisotopic (exact) mass is 391 g/mol. The molecule has 28 heavy (non-hydrogen) atoms. The van der Waals surface area contributed by atoms with Crippen LogP contribution in [0.1, 0.15) is 21.5 Å². The van der Waals surface area contributed by atoms with E-state index in [-0.39, 0.29) is 10.8 Å². The molecule has 0 unspecified atom stereocenters. The van der Waals surface area contributed by atoms with Crippen LogP contribution in [0.15, 0.2) is 83.8 Å². The maximum absolute atomic E-state index is 12.5. The molecule has 0 saturated carbocycles. The molecule has 3 aromatic rings. The molecule has 1 amide bonds. The first-order valence-corrected chi connectivity index (χ1v) is 9.91. The summed E-state index contributed by atoms with van der Waals surface area (Å²) in [5.41, 5.74) is 2.13. The number of hydrogen-bond donors (Lipinski definition) is 2. The van der Waals surface area contributed by atoms with Crippen LogP contribution in [0.5, 0.6) is 0 Å². The summed E-state index contributed by atoms with van der Waals surface area (Å²) in [7, 11) is -3.80. The Hall–Kier alpha value is -3.63. The molecule has 3 aromatic carbocycles. The van der Waals surface area contributed by atoms with E-state index in [1.54, 1.807) is 0 Å². The van der Waals surface area contributed by atoms with Crippen molar-refractivity contribution in [1.29, 1.82) is 5.26 Å². The Morgan fingerprint density at radius 1 is 0.893 bits per heavy atom. The standard InChI is InChI=1S/C21H17N3O3S/c22-14-16-6-10-19(11-7-16)24-28(26,27)20-12-8-18(9-13-20)21(25)23-15-17-4-2-1-3-5-17/h1-13,24H,15H2,(H,23,25). The fourth-order valence-electron chi connectivity index (χ4n) is 2.49. The highest BCUT2D eigenvalue weighted by Gasteiger charge is 2.15. The molecule has 7 heteroatoms. The Kier molecular flexibility index (Phi) is 5.72. The molecule has 0 aromatic heterocycles. The van der Waals surface area contributed by atoms with Gasteiger partial charge in [0, 0.05) is 17.8 Å². The van der Waals surface area contributed by atoms with Gasteiger partial charge in [-0.1, -0.05) is 30.3 Å². The molecule has 6 nitrogen and oxygen atoms in total. The molecule has 0 aliphatic heterocycles. The predicted octanol–water partition coefficient (Wildman–Crippen LogP) is 3.29. The van der Waals surface area contributed by atoms with E-state index in [0.29, 0.717) is 23.4 Å². The van der Waals surface area contributed by atoms with Crippen molar-refractivity contribution in [1.82, 2.24) is 5.32 Å². The van der Waals surface area contributed by atoms with E-state index < -0.39 is 10.0 Å². The van der Waals surface area contributed by atoms with Crippen molar-refractivity contribution in [2.24, 2.45) is 0 Å². The van der Waals surface area contributed by atoms with Crippen LogP contribution in [0.4, 0.5) is 5.69 Å². The second kappa shape index (κ2) is 8.37. The summed E-state index contributed by atoms with van der Waals surface area (Å²) in [6.45, 7) is 0.389. The van der Waals surface area contributed by atoms with Crippen molar-refractivity contribution in [3.63, 3.8) is 0 Å². The normalized spacial score (nSPS) is 10.7. The third kappa shape index (κ3) is 4.75. The molecule has 0 aliphatic carbocycles. The molecule has 140 valence electrons. The zero-order valence-corrected chi connectivity index (χ0v) is 15.6. The Bertz CT molecular complexity index is 1100. The highest BCUT2D eigenvalue weighted by atomic mass is 32.2. The van der Waals surface area contributed by atoms with Crippen molar-refractivity contribution < 1.29 is 13.2 Å². The van der Waals surface area contributed by atoms with E-state index in [1.807, 2.05) is 36.4 Å². The van der Waals surface area contributed by atoms with Crippen LogP contribution >= 0.6 is 0 Å². The summed E-state index contributed by atoms with van der Waals surface area (Å²) in [6, 6.07) is 23.2. The Labute approximate surface area is 163 Å². The van der Waals surface area contributed by atoms with E-state index in [9.17, 15) is 13.2 Å². The van der Waals surface area contributed by atoms with E-state index in [4.69, 9.17) is 5.26 Å². The fraction of sp³-hybridized carbons (Fsp3) is 0.0476. The lowest BCUT2D eigenvalue weighted by atomic mass is 10.2. The average molecular weight is 391 g/mol. The van der Waals surface area contributed by atoms with E-state index >= 15 is 0 Å². The largest absolute Gasteiger partial charge is 0.348 e. The Morgan fingerprint density at radius 3 is 2.14 bits per heavy atom. The second-order valence-corrected chi connectivity index (χ2v) is 7.67. The molecule has 0 aliphatic rings. The SMILES string of the molecule is N#Cc1ccc(NS(=O)(=O)c2ccc(C(=O)NCc3ccccc3)cc2)cc1. The summed E-state index contributed by atoms with van der Waals surface area (Å²) in [4.78, 5) is 12.3. The quantitative estimate of drug-likeness (QED) is 0.673. The van der Waals surface area contributed by atoms with Gasteiger partial charge in [0.2, 0.25) is 0 Å². The van der Waals surface area contributed by atoms with Crippen molar-refractivity contribution >= 4 is 21.6 Å². The van der Waals surface area contributed by atoms with E-state index in [0.717, 1.165) is 5.56 Å². The van der Waals surface area contributed by atoms with Gasteiger partial charge in [-0.2, -0.15) is 5.26 Å². The van der Waals surface area contributed by atoms with Crippen molar-refractivity contribution in [3.8, 4) is 6.07 Å². The zero-order valence-electron chi connectivity index (χ0n) is 14.8. The van der Waals surface area contributed by atoms with Gasteiger partial charge >= 0.3 is 0 Å². The van der Waals surface area contributed by atoms with Gasteiger partial charge in [-0.15, -0.1) is 0 Å². The smallest absolute Gasteiger partial charge is 0.261 e. The van der Waals surface area contributed by atoms with Crippen LogP contribution < -0.4 is 10.0 Å². The summed E-state index contributed by atoms with van der Waals surface area (Å²) in [6.07, 6.45) is 0. The number of anilines is 1. The first kappa shape index (κ1) is 19.1. The molecule has 0 heterocycles. The molecular weight excluding hydrogens is 374 g/mol. The van der Waals surface area contributed by atoms with Crippen LogP contribution in [0.25, 0.3) is 0 Å². The number of carbonyl (C=O) groups excluding carboxylic acids is 1. The molecule has 2 N–H and O–H groups in total. The van der Waals surface area contributed by atoms with E-state index in [1.165, 1.54) is 48.5 Å². The van der Waals surface area contributed by atoms with Crippen molar-refractivity contribution in [3.05, 3.63) is 95.6 Å². The third-order valence-corrected chi connectivity index (χ3v) is 5.39. The first-order valence-electron chi connectivity index (χ1n) is 8.43. The minimum absolute atomic E-state index is 0.0384. The number of amides is 1. The lowest BCUT2D eigenvalue weighted by molar-refractivity contribution is 0.0951. The summed E-state index contributed by atoms with van der Waals surface area (Å²) < 4.78 is 27.4. The highest BCUT2D eigenvalue weighted by Crippen LogP contribution is 2.17. The molecule has 3 rings (SSSR count). The average Bonchev–Trinajstić information content (AvgIpc) is 2.73. The zero-order chi connectivity index (χ0) is 20.0. The number of hydrogen-bond acceptors (Lipinski definition) is 4. The van der Waals surface area contributed by atoms with Crippen LogP contribution in [0, 0.1) is 11.3 Å². The molecule has 0 saturated heterocycles. The topological polar surface area (TPSA) is 99.1 Å². The minimum Gasteiger partial charge on any atom is -0.348 e. The van der Waals surface area contributed by atoms with Crippen LogP contribution in [-0.2, 0) is 16.6 Å².